The number of benzene rings is 2. The van der Waals surface area contributed by atoms with Crippen molar-refractivity contribution in [1.82, 2.24) is 0 Å². The third-order valence-corrected chi connectivity index (χ3v) is 6.11. The summed E-state index contributed by atoms with van der Waals surface area (Å²) in [4.78, 5) is 14.3. The van der Waals surface area contributed by atoms with Gasteiger partial charge in [-0.05, 0) is 52.0 Å². The molecule has 0 aromatic heterocycles. The smallest absolute Gasteiger partial charge is 0.466 e. The number of carbonyl (C=O) groups excluding carboxylic acids is 1. The first-order valence-electron chi connectivity index (χ1n) is 9.65. The molecule has 2 fully saturated rings. The molecular weight excluding hydrogens is 398 g/mol. The van der Waals surface area contributed by atoms with E-state index in [1.54, 1.807) is 30.3 Å². The number of nitrogens with zero attached hydrogens (tertiary/aromatic N) is 1. The number of rotatable bonds is 2. The van der Waals surface area contributed by atoms with Crippen LogP contribution in [0.4, 0.5) is 23.7 Å². The van der Waals surface area contributed by atoms with E-state index in [0.717, 1.165) is 12.1 Å². The van der Waals surface area contributed by atoms with E-state index in [2.05, 4.69) is 0 Å². The molecule has 160 valence electrons. The number of alkyl halides is 3. The van der Waals surface area contributed by atoms with Gasteiger partial charge in [0.1, 0.15) is 0 Å². The van der Waals surface area contributed by atoms with Crippen LogP contribution in [0.25, 0.3) is 0 Å². The van der Waals surface area contributed by atoms with Crippen LogP contribution in [0.5, 0.6) is 0 Å². The molecule has 0 radical (unpaired) electrons. The van der Waals surface area contributed by atoms with Crippen LogP contribution >= 0.6 is 0 Å². The van der Waals surface area contributed by atoms with E-state index in [4.69, 9.17) is 14.0 Å². The van der Waals surface area contributed by atoms with Crippen LogP contribution < -0.4 is 4.90 Å². The van der Waals surface area contributed by atoms with Gasteiger partial charge in [0.05, 0.1) is 5.56 Å². The highest BCUT2D eigenvalue weighted by molar-refractivity contribution is 6.68. The van der Waals surface area contributed by atoms with Crippen molar-refractivity contribution >= 4 is 18.5 Å². The first kappa shape index (κ1) is 20.7. The summed E-state index contributed by atoms with van der Waals surface area (Å²) in [5.74, 6) is -0.886. The van der Waals surface area contributed by atoms with Crippen LogP contribution in [0.2, 0.25) is 0 Å². The lowest BCUT2D eigenvalue weighted by Gasteiger charge is -2.37. The first-order chi connectivity index (χ1) is 13.9. The Kier molecular flexibility index (Phi) is 4.49. The van der Waals surface area contributed by atoms with Gasteiger partial charge in [-0.2, -0.15) is 13.2 Å². The van der Waals surface area contributed by atoms with Gasteiger partial charge >= 0.3 is 19.0 Å². The fourth-order valence-corrected chi connectivity index (χ4v) is 3.97. The van der Waals surface area contributed by atoms with Gasteiger partial charge in [-0.1, -0.05) is 35.9 Å². The Labute approximate surface area is 172 Å². The summed E-state index contributed by atoms with van der Waals surface area (Å²) in [6.45, 7) is 4.65. The molecule has 0 N–H and O–H groups in total. The van der Waals surface area contributed by atoms with Crippen molar-refractivity contribution < 1.29 is 31.9 Å². The Balaban J connectivity index is 1.85. The Bertz CT molecular complexity index is 944. The molecule has 2 heterocycles. The highest BCUT2D eigenvalue weighted by atomic mass is 19.4. The number of amides is 1. The van der Waals surface area contributed by atoms with Gasteiger partial charge in [0.15, 0.2) is 0 Å². The summed E-state index contributed by atoms with van der Waals surface area (Å²) < 4.78 is 57.4. The van der Waals surface area contributed by atoms with E-state index in [1.807, 2.05) is 27.7 Å². The highest BCUT2D eigenvalue weighted by Crippen LogP contribution is 2.52. The van der Waals surface area contributed by atoms with Crippen LogP contribution in [0, 0.1) is 0 Å². The molecule has 2 aliphatic rings. The molecule has 2 aromatic rings. The summed E-state index contributed by atoms with van der Waals surface area (Å²) in [7, 11) is 0. The maximum Gasteiger partial charge on any atom is 0.466 e. The number of para-hydroxylation sites is 1. The molecule has 1 atom stereocenters. The molecule has 1 unspecified atom stereocenters. The van der Waals surface area contributed by atoms with E-state index in [9.17, 15) is 18.0 Å². The van der Waals surface area contributed by atoms with Gasteiger partial charge in [-0.15, -0.1) is 0 Å². The van der Waals surface area contributed by atoms with Crippen molar-refractivity contribution in [2.45, 2.75) is 51.0 Å². The minimum Gasteiger partial charge on any atom is -0.625 e. The predicted molar refractivity (Wildman–Crippen MR) is 106 cm³/mol. The van der Waals surface area contributed by atoms with Crippen molar-refractivity contribution in [3.8, 4) is 0 Å². The minimum absolute atomic E-state index is 0.422. The zero-order valence-electron chi connectivity index (χ0n) is 17.1. The largest absolute Gasteiger partial charge is 0.625 e. The number of halogens is 3. The number of carbonyl (C=O) groups is 1. The van der Waals surface area contributed by atoms with Gasteiger partial charge in [0.2, 0.25) is 0 Å². The predicted octanol–water partition coefficient (Wildman–Crippen LogP) is 5.49. The van der Waals surface area contributed by atoms with Crippen LogP contribution in [-0.2, 0) is 20.1 Å². The van der Waals surface area contributed by atoms with E-state index in [-0.39, 0.29) is 0 Å². The standard InChI is InChI=1S/C21H22BF3NO4/c1-19(2)20(3,4)30-22(29-19)17(14-10-12-15(13-11-14)21(23,24)25)26(18(27)28-22)16-8-6-5-7-9-16/h5-13,17H,1-4H3/q-1. The van der Waals surface area contributed by atoms with Crippen molar-refractivity contribution in [2.75, 3.05) is 4.90 Å². The number of hydrogen-bond acceptors (Lipinski definition) is 4. The molecule has 4 rings (SSSR count). The summed E-state index contributed by atoms with van der Waals surface area (Å²) in [6, 6.07) is 13.4. The summed E-state index contributed by atoms with van der Waals surface area (Å²) >= 11 is 0. The Hall–Kier alpha value is -2.52. The van der Waals surface area contributed by atoms with Crippen LogP contribution in [0.15, 0.2) is 54.6 Å². The molecular formula is C21H22BF3NO4-. The Morgan fingerprint density at radius 3 is 1.93 bits per heavy atom. The SMILES string of the molecule is CC1(C)O[B-]2(OC(=O)N(c3ccccc3)C2c2ccc(C(F)(F)F)cc2)OC1(C)C. The van der Waals surface area contributed by atoms with Gasteiger partial charge < -0.3 is 18.9 Å². The number of hydrogen-bond donors (Lipinski definition) is 0. The van der Waals surface area contributed by atoms with Crippen LogP contribution in [-0.4, -0.2) is 24.0 Å². The average molecular weight is 420 g/mol. The van der Waals surface area contributed by atoms with E-state index in [0.29, 0.717) is 11.3 Å². The lowest BCUT2D eigenvalue weighted by atomic mass is 9.65. The maximum atomic E-state index is 13.1. The second kappa shape index (κ2) is 6.49. The molecule has 0 aliphatic carbocycles. The topological polar surface area (TPSA) is 48.0 Å². The molecule has 9 heteroatoms. The Morgan fingerprint density at radius 2 is 1.43 bits per heavy atom. The molecule has 0 saturated carbocycles. The van der Waals surface area contributed by atoms with Crippen molar-refractivity contribution in [1.29, 1.82) is 0 Å². The zero-order valence-corrected chi connectivity index (χ0v) is 17.1. The summed E-state index contributed by atoms with van der Waals surface area (Å²) in [6.07, 6.45) is -5.15. The summed E-state index contributed by atoms with van der Waals surface area (Å²) in [5, 5.41) is 0. The van der Waals surface area contributed by atoms with E-state index in [1.165, 1.54) is 17.0 Å². The van der Waals surface area contributed by atoms with Crippen LogP contribution in [0.1, 0.15) is 44.8 Å². The zero-order chi connectivity index (χ0) is 21.9. The quantitative estimate of drug-likeness (QED) is 0.604. The van der Waals surface area contributed by atoms with Crippen molar-refractivity contribution in [3.05, 3.63) is 65.7 Å². The third kappa shape index (κ3) is 3.16. The third-order valence-electron chi connectivity index (χ3n) is 6.11. The van der Waals surface area contributed by atoms with E-state index < -0.39 is 41.7 Å². The van der Waals surface area contributed by atoms with Gasteiger partial charge in [-0.25, -0.2) is 4.79 Å². The first-order valence-corrected chi connectivity index (χ1v) is 9.65. The van der Waals surface area contributed by atoms with Crippen molar-refractivity contribution in [2.24, 2.45) is 0 Å². The molecule has 1 spiro atoms. The normalized spacial score (nSPS) is 24.3. The highest BCUT2D eigenvalue weighted by Gasteiger charge is 2.64. The lowest BCUT2D eigenvalue weighted by Crippen LogP contribution is -2.47. The molecule has 2 aromatic carbocycles. The van der Waals surface area contributed by atoms with Crippen LogP contribution in [0.3, 0.4) is 0 Å². The van der Waals surface area contributed by atoms with E-state index >= 15 is 0 Å². The average Bonchev–Trinajstić information content (AvgIpc) is 3.01. The van der Waals surface area contributed by atoms with Gasteiger partial charge in [-0.3, -0.25) is 0 Å². The molecule has 1 amide bonds. The number of anilines is 1. The second-order valence-corrected chi connectivity index (χ2v) is 8.61. The second-order valence-electron chi connectivity index (χ2n) is 8.61. The monoisotopic (exact) mass is 420 g/mol. The fraction of sp³-hybridized carbons (Fsp3) is 0.381. The molecule has 2 saturated heterocycles. The molecule has 0 bridgehead atoms. The Morgan fingerprint density at radius 1 is 0.900 bits per heavy atom. The molecule has 5 nitrogen and oxygen atoms in total. The molecule has 30 heavy (non-hydrogen) atoms. The molecule has 2 aliphatic heterocycles. The van der Waals surface area contributed by atoms with Gasteiger partial charge in [0, 0.05) is 22.8 Å². The lowest BCUT2D eigenvalue weighted by molar-refractivity contribution is -0.137. The van der Waals surface area contributed by atoms with Crippen molar-refractivity contribution in [3.63, 3.8) is 0 Å². The minimum atomic E-state index is -4.47. The fourth-order valence-electron chi connectivity index (χ4n) is 3.97. The van der Waals surface area contributed by atoms with Gasteiger partial charge in [0.25, 0.3) is 0 Å². The summed E-state index contributed by atoms with van der Waals surface area (Å²) in [5.41, 5.74) is -1.43. The maximum absolute atomic E-state index is 13.1.